The number of halogens is 1. The molecule has 2 aromatic rings. The molecule has 0 atom stereocenters. The van der Waals surface area contributed by atoms with Crippen molar-refractivity contribution < 1.29 is 4.79 Å². The van der Waals surface area contributed by atoms with Crippen LogP contribution in [-0.2, 0) is 0 Å². The molecule has 1 aromatic heterocycles. The Labute approximate surface area is 133 Å². The molecule has 1 heterocycles. The third-order valence-electron chi connectivity index (χ3n) is 2.61. The van der Waals surface area contributed by atoms with Crippen LogP contribution in [0.4, 0.5) is 0 Å². The standard InChI is InChI=1S/C9H10BrN3O.C7H8/c1-3-8-12-6-7(9(14)11-2)13(8)5-4-10;1-7-5-3-2-4-6-7/h3-6H,1H2,2H3,(H,11,14);2-6H,1H3/b5-4+;. The Morgan fingerprint density at radius 1 is 1.38 bits per heavy atom. The predicted octanol–water partition coefficient (Wildman–Crippen LogP) is 3.70. The van der Waals surface area contributed by atoms with Gasteiger partial charge in [0, 0.05) is 13.2 Å². The van der Waals surface area contributed by atoms with Gasteiger partial charge in [-0.25, -0.2) is 4.98 Å². The average Bonchev–Trinajstić information content (AvgIpc) is 2.91. The number of benzene rings is 1. The molecule has 0 fully saturated rings. The van der Waals surface area contributed by atoms with E-state index in [1.54, 1.807) is 28.9 Å². The molecule has 0 unspecified atom stereocenters. The molecular weight excluding hydrogens is 330 g/mol. The molecule has 0 saturated carbocycles. The molecule has 21 heavy (non-hydrogen) atoms. The van der Waals surface area contributed by atoms with Crippen molar-refractivity contribution in [3.63, 3.8) is 0 Å². The minimum absolute atomic E-state index is 0.184. The quantitative estimate of drug-likeness (QED) is 0.919. The average molecular weight is 348 g/mol. The highest BCUT2D eigenvalue weighted by Gasteiger charge is 2.11. The summed E-state index contributed by atoms with van der Waals surface area (Å²) in [5.41, 5.74) is 1.79. The first-order valence-corrected chi connectivity index (χ1v) is 7.25. The summed E-state index contributed by atoms with van der Waals surface area (Å²) < 4.78 is 1.64. The van der Waals surface area contributed by atoms with Gasteiger partial charge in [0.25, 0.3) is 5.91 Å². The van der Waals surface area contributed by atoms with Crippen LogP contribution in [0.2, 0.25) is 0 Å². The van der Waals surface area contributed by atoms with Crippen LogP contribution in [0, 0.1) is 6.92 Å². The van der Waals surface area contributed by atoms with E-state index in [0.717, 1.165) is 0 Å². The Kier molecular flexibility index (Phi) is 7.18. The Balaban J connectivity index is 0.000000262. The van der Waals surface area contributed by atoms with Crippen molar-refractivity contribution >= 4 is 34.1 Å². The number of carbonyl (C=O) groups is 1. The summed E-state index contributed by atoms with van der Waals surface area (Å²) in [5.74, 6) is 0.440. The Morgan fingerprint density at radius 2 is 2.05 bits per heavy atom. The number of carbonyl (C=O) groups excluding carboxylic acids is 1. The number of nitrogens with one attached hydrogen (secondary N) is 1. The minimum atomic E-state index is -0.184. The molecule has 5 heteroatoms. The van der Waals surface area contributed by atoms with Gasteiger partial charge in [-0.2, -0.15) is 0 Å². The van der Waals surface area contributed by atoms with E-state index in [1.807, 2.05) is 18.2 Å². The highest BCUT2D eigenvalue weighted by Crippen LogP contribution is 2.08. The third-order valence-corrected chi connectivity index (χ3v) is 2.85. The first-order chi connectivity index (χ1) is 10.1. The predicted molar refractivity (Wildman–Crippen MR) is 91.1 cm³/mol. The molecule has 0 bridgehead atoms. The molecule has 0 aliphatic rings. The van der Waals surface area contributed by atoms with Gasteiger partial charge < -0.3 is 5.32 Å². The first kappa shape index (κ1) is 16.9. The number of aromatic nitrogens is 2. The number of nitrogens with zero attached hydrogens (tertiary/aromatic N) is 2. The van der Waals surface area contributed by atoms with Crippen LogP contribution < -0.4 is 5.32 Å². The van der Waals surface area contributed by atoms with Crippen molar-refractivity contribution in [1.29, 1.82) is 0 Å². The van der Waals surface area contributed by atoms with E-state index in [1.165, 1.54) is 11.8 Å². The van der Waals surface area contributed by atoms with Gasteiger partial charge in [0.1, 0.15) is 11.5 Å². The molecule has 0 aliphatic heterocycles. The first-order valence-electron chi connectivity index (χ1n) is 6.34. The van der Waals surface area contributed by atoms with Gasteiger partial charge >= 0.3 is 0 Å². The molecule has 0 saturated heterocycles. The SMILES string of the molecule is C=Cc1ncc(C(=O)NC)n1/C=C/Br.Cc1ccccc1. The van der Waals surface area contributed by atoms with E-state index in [4.69, 9.17) is 0 Å². The van der Waals surface area contributed by atoms with Crippen molar-refractivity contribution in [3.8, 4) is 0 Å². The van der Waals surface area contributed by atoms with Gasteiger partial charge in [-0.1, -0.05) is 58.4 Å². The van der Waals surface area contributed by atoms with Crippen LogP contribution in [0.25, 0.3) is 12.3 Å². The molecule has 2 rings (SSSR count). The van der Waals surface area contributed by atoms with Crippen LogP contribution in [-0.4, -0.2) is 22.5 Å². The number of amides is 1. The maximum absolute atomic E-state index is 11.4. The number of aryl methyl sites for hydroxylation is 1. The number of hydrogen-bond donors (Lipinski definition) is 1. The molecule has 1 N–H and O–H groups in total. The van der Waals surface area contributed by atoms with E-state index in [0.29, 0.717) is 11.5 Å². The van der Waals surface area contributed by atoms with Crippen LogP contribution >= 0.6 is 15.9 Å². The molecule has 1 amide bonds. The summed E-state index contributed by atoms with van der Waals surface area (Å²) >= 11 is 3.14. The van der Waals surface area contributed by atoms with Crippen molar-refractivity contribution in [1.82, 2.24) is 14.9 Å². The largest absolute Gasteiger partial charge is 0.354 e. The van der Waals surface area contributed by atoms with Crippen molar-refractivity contribution in [2.24, 2.45) is 0 Å². The Hall–Kier alpha value is -2.14. The number of rotatable bonds is 3. The molecule has 4 nitrogen and oxygen atoms in total. The zero-order valence-corrected chi connectivity index (χ0v) is 13.7. The van der Waals surface area contributed by atoms with E-state index < -0.39 is 0 Å². The van der Waals surface area contributed by atoms with Crippen molar-refractivity contribution in [2.75, 3.05) is 7.05 Å². The summed E-state index contributed by atoms with van der Waals surface area (Å²) in [7, 11) is 1.57. The van der Waals surface area contributed by atoms with Crippen LogP contribution in [0.15, 0.2) is 48.1 Å². The normalized spacial score (nSPS) is 9.86. The summed E-state index contributed by atoms with van der Waals surface area (Å²) in [4.78, 5) is 17.1. The van der Waals surface area contributed by atoms with Gasteiger partial charge in [0.2, 0.25) is 0 Å². The van der Waals surface area contributed by atoms with Gasteiger partial charge in [0.05, 0.1) is 6.20 Å². The fourth-order valence-electron chi connectivity index (χ4n) is 1.57. The van der Waals surface area contributed by atoms with Gasteiger partial charge in [0.15, 0.2) is 0 Å². The molecule has 0 aliphatic carbocycles. The third kappa shape index (κ3) is 5.04. The summed E-state index contributed by atoms with van der Waals surface area (Å²) in [6, 6.07) is 10.3. The molecule has 110 valence electrons. The van der Waals surface area contributed by atoms with Crippen LogP contribution in [0.5, 0.6) is 0 Å². The number of imidazole rings is 1. The van der Waals surface area contributed by atoms with Crippen molar-refractivity contribution in [2.45, 2.75) is 6.92 Å². The van der Waals surface area contributed by atoms with E-state index in [-0.39, 0.29) is 5.91 Å². The van der Waals surface area contributed by atoms with Crippen molar-refractivity contribution in [3.05, 3.63) is 65.2 Å². The molecule has 1 aromatic carbocycles. The fraction of sp³-hybridized carbons (Fsp3) is 0.125. The summed E-state index contributed by atoms with van der Waals surface area (Å²) in [6.45, 7) is 5.69. The fourth-order valence-corrected chi connectivity index (χ4v) is 1.81. The lowest BCUT2D eigenvalue weighted by atomic mass is 10.2. The molecule has 0 radical (unpaired) electrons. The minimum Gasteiger partial charge on any atom is -0.354 e. The summed E-state index contributed by atoms with van der Waals surface area (Å²) in [6.07, 6.45) is 4.77. The second kappa shape index (κ2) is 8.92. The smallest absolute Gasteiger partial charge is 0.269 e. The highest BCUT2D eigenvalue weighted by molar-refractivity contribution is 9.11. The second-order valence-electron chi connectivity index (χ2n) is 4.08. The van der Waals surface area contributed by atoms with Gasteiger partial charge in [-0.3, -0.25) is 9.36 Å². The van der Waals surface area contributed by atoms with E-state index in [9.17, 15) is 4.79 Å². The van der Waals surface area contributed by atoms with E-state index in [2.05, 4.69) is 51.9 Å². The lowest BCUT2D eigenvalue weighted by Crippen LogP contribution is -2.20. The highest BCUT2D eigenvalue weighted by atomic mass is 79.9. The Bertz CT molecular complexity index is 618. The van der Waals surface area contributed by atoms with E-state index >= 15 is 0 Å². The lowest BCUT2D eigenvalue weighted by molar-refractivity contribution is 0.0957. The Morgan fingerprint density at radius 3 is 2.48 bits per heavy atom. The maximum atomic E-state index is 11.4. The van der Waals surface area contributed by atoms with Crippen LogP contribution in [0.1, 0.15) is 21.9 Å². The topological polar surface area (TPSA) is 46.9 Å². The zero-order valence-electron chi connectivity index (χ0n) is 12.1. The maximum Gasteiger partial charge on any atom is 0.269 e. The lowest BCUT2D eigenvalue weighted by Gasteiger charge is -2.02. The monoisotopic (exact) mass is 347 g/mol. The van der Waals surface area contributed by atoms with Gasteiger partial charge in [-0.05, 0) is 18.0 Å². The zero-order chi connectivity index (χ0) is 15.7. The summed E-state index contributed by atoms with van der Waals surface area (Å²) in [5, 5.41) is 2.53. The molecular formula is C16H18BrN3O. The molecule has 0 spiro atoms. The van der Waals surface area contributed by atoms with Crippen LogP contribution in [0.3, 0.4) is 0 Å². The second-order valence-corrected chi connectivity index (χ2v) is 4.61. The number of hydrogen-bond acceptors (Lipinski definition) is 2. The van der Waals surface area contributed by atoms with Gasteiger partial charge in [-0.15, -0.1) is 0 Å².